The second kappa shape index (κ2) is 4.83. The third-order valence-corrected chi connectivity index (χ3v) is 3.05. The fourth-order valence-corrected chi connectivity index (χ4v) is 2.06. The summed E-state index contributed by atoms with van der Waals surface area (Å²) in [6.45, 7) is 3.08. The first-order chi connectivity index (χ1) is 9.28. The highest BCUT2D eigenvalue weighted by Crippen LogP contribution is 2.30. The fraction of sp³-hybridized carbons (Fsp3) is 0.500. The lowest BCUT2D eigenvalue weighted by molar-refractivity contribution is 0.717. The maximum absolute atomic E-state index is 5.79. The van der Waals surface area contributed by atoms with E-state index in [1.807, 2.05) is 6.07 Å². The monoisotopic (exact) mass is 259 g/mol. The number of aromatic nitrogens is 5. The largest absolute Gasteiger partial charge is 0.368 e. The van der Waals surface area contributed by atoms with Crippen molar-refractivity contribution in [1.29, 1.82) is 0 Å². The molecule has 0 spiro atoms. The van der Waals surface area contributed by atoms with E-state index in [0.717, 1.165) is 13.0 Å². The van der Waals surface area contributed by atoms with Crippen LogP contribution >= 0.6 is 0 Å². The smallest absolute Gasteiger partial charge is 0.257 e. The number of nitrogens with zero attached hydrogens (tertiary/aromatic N) is 6. The molecule has 2 aromatic rings. The van der Waals surface area contributed by atoms with Gasteiger partial charge in [0.05, 0.1) is 0 Å². The summed E-state index contributed by atoms with van der Waals surface area (Å²) in [5.41, 5.74) is 5.79. The van der Waals surface area contributed by atoms with Crippen molar-refractivity contribution < 1.29 is 0 Å². The average Bonchev–Trinajstić information content (AvgIpc) is 3.08. The van der Waals surface area contributed by atoms with Crippen LogP contribution in [0, 0.1) is 0 Å². The van der Waals surface area contributed by atoms with E-state index in [1.54, 1.807) is 17.1 Å². The number of nitrogens with two attached hydrogens (primary N) is 1. The average molecular weight is 259 g/mol. The predicted molar refractivity (Wildman–Crippen MR) is 72.0 cm³/mol. The molecule has 19 heavy (non-hydrogen) atoms. The summed E-state index contributed by atoms with van der Waals surface area (Å²) in [6, 6.07) is 2.37. The van der Waals surface area contributed by atoms with Crippen LogP contribution in [-0.4, -0.2) is 37.3 Å². The lowest BCUT2D eigenvalue weighted by Crippen LogP contribution is -2.29. The molecule has 1 aliphatic carbocycles. The Bertz CT molecular complexity index is 547. The maximum Gasteiger partial charge on any atom is 0.257 e. The summed E-state index contributed by atoms with van der Waals surface area (Å²) in [5.74, 6) is 1.36. The second-order valence-electron chi connectivity index (χ2n) is 4.67. The van der Waals surface area contributed by atoms with E-state index in [-0.39, 0.29) is 5.95 Å². The summed E-state index contributed by atoms with van der Waals surface area (Å²) >= 11 is 0. The van der Waals surface area contributed by atoms with Gasteiger partial charge in [0, 0.05) is 25.0 Å². The van der Waals surface area contributed by atoms with Crippen LogP contribution in [0.3, 0.4) is 0 Å². The molecule has 1 fully saturated rings. The third-order valence-electron chi connectivity index (χ3n) is 3.05. The molecule has 1 saturated carbocycles. The Morgan fingerprint density at radius 2 is 2.21 bits per heavy atom. The SMILES string of the molecule is CCCN(c1nc(N)nc(-n2cccn2)n1)C1CC1. The Morgan fingerprint density at radius 1 is 1.37 bits per heavy atom. The molecule has 0 saturated heterocycles. The maximum atomic E-state index is 5.79. The van der Waals surface area contributed by atoms with Crippen molar-refractivity contribution in [2.75, 3.05) is 17.2 Å². The molecule has 2 heterocycles. The van der Waals surface area contributed by atoms with Crippen molar-refractivity contribution in [3.05, 3.63) is 18.5 Å². The van der Waals surface area contributed by atoms with Crippen LogP contribution in [0.2, 0.25) is 0 Å². The standard InChI is InChI=1S/C12H17N7/c1-2-7-18(9-4-5-9)11-15-10(13)16-12(17-11)19-8-3-6-14-19/h3,6,8-9H,2,4-5,7H2,1H3,(H2,13,15,16,17). The summed E-state index contributed by atoms with van der Waals surface area (Å²) in [4.78, 5) is 15.1. The first kappa shape index (κ1) is 11.9. The zero-order valence-electron chi connectivity index (χ0n) is 10.9. The van der Waals surface area contributed by atoms with Crippen molar-refractivity contribution in [3.63, 3.8) is 0 Å². The highest BCUT2D eigenvalue weighted by molar-refractivity contribution is 5.40. The van der Waals surface area contributed by atoms with E-state index in [4.69, 9.17) is 5.73 Å². The summed E-state index contributed by atoms with van der Waals surface area (Å²) in [5, 5.41) is 4.12. The Morgan fingerprint density at radius 3 is 2.84 bits per heavy atom. The molecule has 3 rings (SSSR count). The van der Waals surface area contributed by atoms with E-state index in [2.05, 4.69) is 31.9 Å². The first-order valence-corrected chi connectivity index (χ1v) is 6.56. The van der Waals surface area contributed by atoms with Crippen LogP contribution in [0.4, 0.5) is 11.9 Å². The van der Waals surface area contributed by atoms with Crippen LogP contribution in [0.1, 0.15) is 26.2 Å². The van der Waals surface area contributed by atoms with Crippen LogP contribution in [0.5, 0.6) is 0 Å². The van der Waals surface area contributed by atoms with Gasteiger partial charge >= 0.3 is 0 Å². The first-order valence-electron chi connectivity index (χ1n) is 6.56. The van der Waals surface area contributed by atoms with Gasteiger partial charge in [-0.1, -0.05) is 6.92 Å². The zero-order valence-corrected chi connectivity index (χ0v) is 10.9. The molecule has 7 nitrogen and oxygen atoms in total. The van der Waals surface area contributed by atoms with Gasteiger partial charge in [-0.2, -0.15) is 20.1 Å². The Labute approximate surface area is 111 Å². The number of anilines is 2. The molecule has 7 heteroatoms. The van der Waals surface area contributed by atoms with Gasteiger partial charge in [0.15, 0.2) is 0 Å². The molecular weight excluding hydrogens is 242 g/mol. The van der Waals surface area contributed by atoms with Crippen LogP contribution in [-0.2, 0) is 0 Å². The van der Waals surface area contributed by atoms with Crippen LogP contribution in [0.15, 0.2) is 18.5 Å². The summed E-state index contributed by atoms with van der Waals surface area (Å²) < 4.78 is 1.60. The molecule has 0 amide bonds. The highest BCUT2D eigenvalue weighted by Gasteiger charge is 2.30. The molecule has 0 bridgehead atoms. The molecular formula is C12H17N7. The highest BCUT2D eigenvalue weighted by atomic mass is 15.4. The lowest BCUT2D eigenvalue weighted by atomic mass is 10.4. The predicted octanol–water partition coefficient (Wildman–Crippen LogP) is 1.02. The molecule has 0 radical (unpaired) electrons. The van der Waals surface area contributed by atoms with Gasteiger partial charge in [-0.3, -0.25) is 0 Å². The van der Waals surface area contributed by atoms with E-state index >= 15 is 0 Å². The van der Waals surface area contributed by atoms with Crippen molar-refractivity contribution in [3.8, 4) is 5.95 Å². The van der Waals surface area contributed by atoms with Crippen molar-refractivity contribution >= 4 is 11.9 Å². The minimum Gasteiger partial charge on any atom is -0.368 e. The molecule has 0 aromatic carbocycles. The number of hydrogen-bond donors (Lipinski definition) is 1. The van der Waals surface area contributed by atoms with E-state index in [1.165, 1.54) is 12.8 Å². The lowest BCUT2D eigenvalue weighted by Gasteiger charge is -2.21. The van der Waals surface area contributed by atoms with E-state index in [0.29, 0.717) is 17.9 Å². The summed E-state index contributed by atoms with van der Waals surface area (Å²) in [6.07, 6.45) is 6.93. The quantitative estimate of drug-likeness (QED) is 0.862. The molecule has 0 aliphatic heterocycles. The van der Waals surface area contributed by atoms with Gasteiger partial charge in [-0.05, 0) is 25.3 Å². The Balaban J connectivity index is 1.96. The van der Waals surface area contributed by atoms with Gasteiger partial charge in [-0.25, -0.2) is 4.68 Å². The van der Waals surface area contributed by atoms with E-state index in [9.17, 15) is 0 Å². The molecule has 0 unspecified atom stereocenters. The normalized spacial score (nSPS) is 14.6. The van der Waals surface area contributed by atoms with Gasteiger partial charge in [0.2, 0.25) is 11.9 Å². The van der Waals surface area contributed by atoms with Gasteiger partial charge in [0.25, 0.3) is 5.95 Å². The van der Waals surface area contributed by atoms with Crippen molar-refractivity contribution in [1.82, 2.24) is 24.7 Å². The fourth-order valence-electron chi connectivity index (χ4n) is 2.06. The zero-order chi connectivity index (χ0) is 13.2. The Hall–Kier alpha value is -2.18. The summed E-state index contributed by atoms with van der Waals surface area (Å²) in [7, 11) is 0. The Kier molecular flexibility index (Phi) is 3.02. The van der Waals surface area contributed by atoms with E-state index < -0.39 is 0 Å². The topological polar surface area (TPSA) is 85.8 Å². The van der Waals surface area contributed by atoms with Gasteiger partial charge < -0.3 is 10.6 Å². The van der Waals surface area contributed by atoms with Crippen LogP contribution < -0.4 is 10.6 Å². The molecule has 2 N–H and O–H groups in total. The van der Waals surface area contributed by atoms with Crippen molar-refractivity contribution in [2.45, 2.75) is 32.2 Å². The van der Waals surface area contributed by atoms with Gasteiger partial charge in [0.1, 0.15) is 0 Å². The molecule has 0 atom stereocenters. The minimum atomic E-state index is 0.234. The van der Waals surface area contributed by atoms with Gasteiger partial charge in [-0.15, -0.1) is 0 Å². The molecule has 100 valence electrons. The number of rotatable bonds is 5. The second-order valence-corrected chi connectivity index (χ2v) is 4.67. The molecule has 2 aromatic heterocycles. The number of nitrogen functional groups attached to an aromatic ring is 1. The van der Waals surface area contributed by atoms with Crippen molar-refractivity contribution in [2.24, 2.45) is 0 Å². The van der Waals surface area contributed by atoms with Crippen LogP contribution in [0.25, 0.3) is 5.95 Å². The minimum absolute atomic E-state index is 0.234. The third kappa shape index (κ3) is 2.49. The molecule has 1 aliphatic rings. The number of hydrogen-bond acceptors (Lipinski definition) is 6.